The number of rotatable bonds is 6. The van der Waals surface area contributed by atoms with Crippen molar-refractivity contribution in [1.29, 1.82) is 0 Å². The van der Waals surface area contributed by atoms with Gasteiger partial charge in [0, 0.05) is 14.2 Å². The Morgan fingerprint density at radius 3 is 2.75 bits per heavy atom. The van der Waals surface area contributed by atoms with Crippen LogP contribution in [0, 0.1) is 5.82 Å². The molecule has 0 saturated carbocycles. The van der Waals surface area contributed by atoms with E-state index in [4.69, 9.17) is 14.1 Å². The van der Waals surface area contributed by atoms with Gasteiger partial charge in [0.05, 0.1) is 6.61 Å². The first-order chi connectivity index (χ1) is 7.69. The predicted molar refractivity (Wildman–Crippen MR) is 57.7 cm³/mol. The molecule has 0 aliphatic rings. The molecule has 1 aromatic rings. The lowest BCUT2D eigenvalue weighted by Gasteiger charge is -2.11. The molecule has 1 aromatic carbocycles. The summed E-state index contributed by atoms with van der Waals surface area (Å²) < 4.78 is 27.6. The predicted octanol–water partition coefficient (Wildman–Crippen LogP) is 0.280. The monoisotopic (exact) mass is 228 g/mol. The van der Waals surface area contributed by atoms with Crippen LogP contribution in [0.25, 0.3) is 0 Å². The first kappa shape index (κ1) is 13.1. The fraction of sp³-hybridized carbons (Fsp3) is 0.400. The van der Waals surface area contributed by atoms with Crippen molar-refractivity contribution < 1.29 is 23.5 Å². The SMILES string of the molecule is COCOCc1cc(F)ccc1B(O)OC. The zero-order valence-electron chi connectivity index (χ0n) is 9.27. The summed E-state index contributed by atoms with van der Waals surface area (Å²) in [5, 5.41) is 9.53. The third-order valence-electron chi connectivity index (χ3n) is 2.05. The average molecular weight is 228 g/mol. The van der Waals surface area contributed by atoms with E-state index in [-0.39, 0.29) is 19.2 Å². The van der Waals surface area contributed by atoms with Crippen LogP contribution in [0.4, 0.5) is 4.39 Å². The molecule has 0 aromatic heterocycles. The van der Waals surface area contributed by atoms with Gasteiger partial charge in [-0.15, -0.1) is 0 Å². The first-order valence-electron chi connectivity index (χ1n) is 4.75. The average Bonchev–Trinajstić information content (AvgIpc) is 2.29. The highest BCUT2D eigenvalue weighted by molar-refractivity contribution is 6.60. The molecule has 4 nitrogen and oxygen atoms in total. The van der Waals surface area contributed by atoms with Gasteiger partial charge in [-0.05, 0) is 23.2 Å². The zero-order chi connectivity index (χ0) is 12.0. The van der Waals surface area contributed by atoms with Gasteiger partial charge in [-0.1, -0.05) is 6.07 Å². The molecule has 1 rings (SSSR count). The second-order valence-electron chi connectivity index (χ2n) is 3.19. The number of hydrogen-bond acceptors (Lipinski definition) is 4. The lowest BCUT2D eigenvalue weighted by atomic mass is 9.76. The molecule has 0 aliphatic carbocycles. The van der Waals surface area contributed by atoms with Crippen LogP contribution < -0.4 is 5.46 Å². The summed E-state index contributed by atoms with van der Waals surface area (Å²) in [6, 6.07) is 4.03. The minimum atomic E-state index is -1.08. The molecular weight excluding hydrogens is 214 g/mol. The van der Waals surface area contributed by atoms with Crippen molar-refractivity contribution in [1.82, 2.24) is 0 Å². The highest BCUT2D eigenvalue weighted by Gasteiger charge is 2.19. The van der Waals surface area contributed by atoms with Crippen molar-refractivity contribution in [3.05, 3.63) is 29.6 Å². The Balaban J connectivity index is 2.81. The second kappa shape index (κ2) is 6.60. The maximum atomic E-state index is 13.0. The fourth-order valence-corrected chi connectivity index (χ4v) is 1.30. The van der Waals surface area contributed by atoms with Crippen molar-refractivity contribution in [3.63, 3.8) is 0 Å². The lowest BCUT2D eigenvalue weighted by molar-refractivity contribution is -0.0389. The van der Waals surface area contributed by atoms with E-state index in [1.54, 1.807) is 0 Å². The number of benzene rings is 1. The molecule has 16 heavy (non-hydrogen) atoms. The van der Waals surface area contributed by atoms with Gasteiger partial charge in [0.15, 0.2) is 0 Å². The summed E-state index contributed by atoms with van der Waals surface area (Å²) in [4.78, 5) is 0. The van der Waals surface area contributed by atoms with E-state index in [1.165, 1.54) is 32.4 Å². The van der Waals surface area contributed by atoms with Crippen LogP contribution in [0.2, 0.25) is 0 Å². The van der Waals surface area contributed by atoms with Gasteiger partial charge in [-0.25, -0.2) is 4.39 Å². The fourth-order valence-electron chi connectivity index (χ4n) is 1.30. The van der Waals surface area contributed by atoms with Crippen LogP contribution in [0.15, 0.2) is 18.2 Å². The van der Waals surface area contributed by atoms with Gasteiger partial charge in [0.2, 0.25) is 0 Å². The third-order valence-corrected chi connectivity index (χ3v) is 2.05. The topological polar surface area (TPSA) is 47.9 Å². The summed E-state index contributed by atoms with van der Waals surface area (Å²) in [5.41, 5.74) is 1.02. The van der Waals surface area contributed by atoms with Gasteiger partial charge >= 0.3 is 7.12 Å². The van der Waals surface area contributed by atoms with Crippen LogP contribution in [-0.4, -0.2) is 33.2 Å². The molecule has 0 saturated heterocycles. The molecular formula is C10H14BFO4. The third kappa shape index (κ3) is 3.57. The molecule has 0 atom stereocenters. The standard InChI is InChI=1S/C10H14BFO4/c1-14-7-16-6-8-5-9(12)3-4-10(8)11(13)15-2/h3-5,13H,6-7H2,1-2H3. The minimum Gasteiger partial charge on any atom is -0.423 e. The van der Waals surface area contributed by atoms with E-state index in [9.17, 15) is 9.41 Å². The number of hydrogen-bond donors (Lipinski definition) is 1. The van der Waals surface area contributed by atoms with Gasteiger partial charge in [0.1, 0.15) is 12.6 Å². The molecule has 0 unspecified atom stereocenters. The molecule has 0 fully saturated rings. The number of halogens is 1. The molecule has 0 bridgehead atoms. The molecule has 0 aliphatic heterocycles. The van der Waals surface area contributed by atoms with E-state index in [0.29, 0.717) is 11.0 Å². The maximum Gasteiger partial charge on any atom is 0.491 e. The summed E-state index contributed by atoms with van der Waals surface area (Å²) in [7, 11) is 1.78. The Bertz CT molecular complexity index is 335. The zero-order valence-corrected chi connectivity index (χ0v) is 9.27. The van der Waals surface area contributed by atoms with Crippen molar-refractivity contribution in [2.75, 3.05) is 21.0 Å². The first-order valence-corrected chi connectivity index (χ1v) is 4.75. The molecule has 1 N–H and O–H groups in total. The second-order valence-corrected chi connectivity index (χ2v) is 3.19. The number of methoxy groups -OCH3 is 1. The van der Waals surface area contributed by atoms with E-state index in [1.807, 2.05) is 0 Å². The van der Waals surface area contributed by atoms with Gasteiger partial charge in [0.25, 0.3) is 0 Å². The Hall–Kier alpha value is -0.945. The molecule has 0 radical (unpaired) electrons. The summed E-state index contributed by atoms with van der Waals surface area (Å²) in [5.74, 6) is -0.386. The van der Waals surface area contributed by atoms with E-state index in [0.717, 1.165) is 0 Å². The summed E-state index contributed by atoms with van der Waals surface area (Å²) in [6.07, 6.45) is 0. The Morgan fingerprint density at radius 2 is 2.12 bits per heavy atom. The van der Waals surface area contributed by atoms with E-state index in [2.05, 4.69) is 0 Å². The molecule has 6 heteroatoms. The molecule has 0 heterocycles. The largest absolute Gasteiger partial charge is 0.491 e. The van der Waals surface area contributed by atoms with E-state index < -0.39 is 7.12 Å². The smallest absolute Gasteiger partial charge is 0.423 e. The Morgan fingerprint density at radius 1 is 1.38 bits per heavy atom. The van der Waals surface area contributed by atoms with Crippen LogP contribution >= 0.6 is 0 Å². The van der Waals surface area contributed by atoms with Crippen LogP contribution in [0.3, 0.4) is 0 Å². The van der Waals surface area contributed by atoms with Gasteiger partial charge in [-0.2, -0.15) is 0 Å². The molecule has 88 valence electrons. The Labute approximate surface area is 94.1 Å². The highest BCUT2D eigenvalue weighted by Crippen LogP contribution is 2.04. The van der Waals surface area contributed by atoms with Gasteiger partial charge < -0.3 is 19.2 Å². The van der Waals surface area contributed by atoms with Crippen molar-refractivity contribution >= 4 is 12.6 Å². The molecule has 0 spiro atoms. The lowest BCUT2D eigenvalue weighted by Crippen LogP contribution is -2.35. The number of ether oxygens (including phenoxy) is 2. The van der Waals surface area contributed by atoms with Crippen molar-refractivity contribution in [2.24, 2.45) is 0 Å². The van der Waals surface area contributed by atoms with Crippen LogP contribution in [0.1, 0.15) is 5.56 Å². The minimum absolute atomic E-state index is 0.110. The van der Waals surface area contributed by atoms with Crippen LogP contribution in [0.5, 0.6) is 0 Å². The normalized spacial score (nSPS) is 10.5. The highest BCUT2D eigenvalue weighted by atomic mass is 19.1. The summed E-state index contributed by atoms with van der Waals surface area (Å²) in [6.45, 7) is 0.264. The van der Waals surface area contributed by atoms with Crippen molar-refractivity contribution in [2.45, 2.75) is 6.61 Å². The van der Waals surface area contributed by atoms with Crippen LogP contribution in [-0.2, 0) is 20.7 Å². The van der Waals surface area contributed by atoms with Crippen molar-refractivity contribution in [3.8, 4) is 0 Å². The quantitative estimate of drug-likeness (QED) is 0.431. The van der Waals surface area contributed by atoms with Gasteiger partial charge in [-0.3, -0.25) is 0 Å². The Kier molecular flexibility index (Phi) is 5.41. The summed E-state index contributed by atoms with van der Waals surface area (Å²) >= 11 is 0. The molecule has 0 amide bonds. The van der Waals surface area contributed by atoms with E-state index >= 15 is 0 Å². The maximum absolute atomic E-state index is 13.0.